The molecule has 5 heteroatoms. The Morgan fingerprint density at radius 2 is 1.75 bits per heavy atom. The number of carboxylic acids is 1. The highest BCUT2D eigenvalue weighted by atomic mass is 16.5. The summed E-state index contributed by atoms with van der Waals surface area (Å²) in [7, 11) is 1.63. The zero-order chi connectivity index (χ0) is 17.2. The molecule has 1 amide bonds. The lowest BCUT2D eigenvalue weighted by atomic mass is 9.63. The predicted molar refractivity (Wildman–Crippen MR) is 90.0 cm³/mol. The zero-order valence-electron chi connectivity index (χ0n) is 14.1. The van der Waals surface area contributed by atoms with E-state index in [1.54, 1.807) is 7.11 Å². The van der Waals surface area contributed by atoms with Gasteiger partial charge in [0.05, 0.1) is 18.4 Å². The summed E-state index contributed by atoms with van der Waals surface area (Å²) in [6.45, 7) is 0. The monoisotopic (exact) mass is 331 g/mol. The molecule has 130 valence electrons. The molecular formula is C19H25NO4. The third-order valence-corrected chi connectivity index (χ3v) is 5.70. The van der Waals surface area contributed by atoms with Crippen LogP contribution in [-0.2, 0) is 15.0 Å². The van der Waals surface area contributed by atoms with E-state index in [0.717, 1.165) is 43.4 Å². The lowest BCUT2D eigenvalue weighted by Crippen LogP contribution is -2.52. The first-order valence-corrected chi connectivity index (χ1v) is 8.73. The van der Waals surface area contributed by atoms with E-state index in [1.165, 1.54) is 0 Å². The zero-order valence-corrected chi connectivity index (χ0v) is 14.1. The van der Waals surface area contributed by atoms with Crippen LogP contribution in [0.5, 0.6) is 5.75 Å². The van der Waals surface area contributed by atoms with Gasteiger partial charge in [0, 0.05) is 6.04 Å². The molecule has 0 saturated heterocycles. The summed E-state index contributed by atoms with van der Waals surface area (Å²) >= 11 is 0. The number of aliphatic carboxylic acids is 1. The Morgan fingerprint density at radius 1 is 1.12 bits per heavy atom. The first kappa shape index (κ1) is 16.8. The van der Waals surface area contributed by atoms with Gasteiger partial charge in [0.1, 0.15) is 5.75 Å². The van der Waals surface area contributed by atoms with Gasteiger partial charge in [-0.1, -0.05) is 18.6 Å². The van der Waals surface area contributed by atoms with Gasteiger partial charge in [0.25, 0.3) is 0 Å². The Kier molecular flexibility index (Phi) is 4.78. The molecule has 0 aliphatic heterocycles. The highest BCUT2D eigenvalue weighted by Crippen LogP contribution is 2.44. The number of nitrogens with one attached hydrogen (secondary N) is 1. The van der Waals surface area contributed by atoms with Crippen LogP contribution in [0.1, 0.15) is 50.5 Å². The molecule has 2 aliphatic carbocycles. The van der Waals surface area contributed by atoms with Crippen molar-refractivity contribution in [3.05, 3.63) is 29.8 Å². The summed E-state index contributed by atoms with van der Waals surface area (Å²) in [6, 6.07) is 7.88. The Bertz CT molecular complexity index is 598. The first-order valence-electron chi connectivity index (χ1n) is 8.73. The van der Waals surface area contributed by atoms with Crippen LogP contribution in [0.3, 0.4) is 0 Å². The van der Waals surface area contributed by atoms with Crippen LogP contribution in [0.4, 0.5) is 0 Å². The molecule has 0 bridgehead atoms. The fraction of sp³-hybridized carbons (Fsp3) is 0.579. The van der Waals surface area contributed by atoms with Crippen LogP contribution >= 0.6 is 0 Å². The molecule has 0 aromatic heterocycles. The number of rotatable bonds is 5. The normalized spacial score (nSPS) is 25.4. The smallest absolute Gasteiger partial charge is 0.306 e. The summed E-state index contributed by atoms with van der Waals surface area (Å²) in [5.41, 5.74) is 0.627. The van der Waals surface area contributed by atoms with Crippen molar-refractivity contribution in [2.45, 2.75) is 56.4 Å². The van der Waals surface area contributed by atoms with E-state index in [4.69, 9.17) is 9.84 Å². The minimum absolute atomic E-state index is 0.0951. The third-order valence-electron chi connectivity index (χ3n) is 5.70. The van der Waals surface area contributed by atoms with Gasteiger partial charge in [-0.05, 0) is 56.2 Å². The van der Waals surface area contributed by atoms with Gasteiger partial charge < -0.3 is 15.2 Å². The van der Waals surface area contributed by atoms with Crippen molar-refractivity contribution in [1.82, 2.24) is 5.32 Å². The number of ether oxygens (including phenoxy) is 1. The Balaban J connectivity index is 1.65. The van der Waals surface area contributed by atoms with E-state index in [0.29, 0.717) is 12.8 Å². The number of carbonyl (C=O) groups excluding carboxylic acids is 1. The van der Waals surface area contributed by atoms with Gasteiger partial charge in [-0.2, -0.15) is 0 Å². The van der Waals surface area contributed by atoms with E-state index in [-0.39, 0.29) is 17.9 Å². The SMILES string of the molecule is COc1ccc(C2(C(=O)NC3CCC(C(=O)O)CC3)CCC2)cc1. The van der Waals surface area contributed by atoms with Crippen molar-refractivity contribution in [2.75, 3.05) is 7.11 Å². The lowest BCUT2D eigenvalue weighted by molar-refractivity contribution is -0.142. The standard InChI is InChI=1S/C19H25NO4/c1-24-16-9-5-14(6-10-16)19(11-2-12-19)18(23)20-15-7-3-13(4-8-15)17(21)22/h5-6,9-10,13,15H,2-4,7-8,11-12H2,1H3,(H,20,23)(H,21,22). The number of carboxylic acid groups (broad SMARTS) is 1. The summed E-state index contributed by atoms with van der Waals surface area (Å²) in [4.78, 5) is 24.0. The van der Waals surface area contributed by atoms with Crippen LogP contribution in [0.15, 0.2) is 24.3 Å². The number of carbonyl (C=O) groups is 2. The van der Waals surface area contributed by atoms with Gasteiger partial charge in [0.2, 0.25) is 5.91 Å². The molecule has 2 fully saturated rings. The number of methoxy groups -OCH3 is 1. The molecule has 1 aromatic rings. The molecule has 3 rings (SSSR count). The van der Waals surface area contributed by atoms with Crippen LogP contribution in [0.25, 0.3) is 0 Å². The largest absolute Gasteiger partial charge is 0.497 e. The third kappa shape index (κ3) is 3.12. The molecule has 5 nitrogen and oxygen atoms in total. The van der Waals surface area contributed by atoms with E-state index >= 15 is 0 Å². The minimum atomic E-state index is -0.714. The first-order chi connectivity index (χ1) is 11.5. The highest BCUT2D eigenvalue weighted by molar-refractivity contribution is 5.89. The van der Waals surface area contributed by atoms with Crippen LogP contribution in [0.2, 0.25) is 0 Å². The molecular weight excluding hydrogens is 306 g/mol. The molecule has 0 radical (unpaired) electrons. The van der Waals surface area contributed by atoms with Gasteiger partial charge in [-0.15, -0.1) is 0 Å². The molecule has 0 spiro atoms. The van der Waals surface area contributed by atoms with Gasteiger partial charge >= 0.3 is 5.97 Å². The predicted octanol–water partition coefficient (Wildman–Crippen LogP) is 2.88. The molecule has 2 aliphatic rings. The summed E-state index contributed by atoms with van der Waals surface area (Å²) in [6.07, 6.45) is 5.60. The minimum Gasteiger partial charge on any atom is -0.497 e. The van der Waals surface area contributed by atoms with Crippen molar-refractivity contribution < 1.29 is 19.4 Å². The molecule has 0 heterocycles. The lowest BCUT2D eigenvalue weighted by Gasteiger charge is -2.42. The Hall–Kier alpha value is -2.04. The van der Waals surface area contributed by atoms with Crippen molar-refractivity contribution in [1.29, 1.82) is 0 Å². The van der Waals surface area contributed by atoms with E-state index < -0.39 is 11.4 Å². The number of benzene rings is 1. The number of hydrogen-bond donors (Lipinski definition) is 2. The summed E-state index contributed by atoms with van der Waals surface area (Å²) in [5, 5.41) is 12.3. The fourth-order valence-corrected chi connectivity index (χ4v) is 3.90. The molecule has 24 heavy (non-hydrogen) atoms. The molecule has 0 atom stereocenters. The van der Waals surface area contributed by atoms with Gasteiger partial charge in [0.15, 0.2) is 0 Å². The van der Waals surface area contributed by atoms with Gasteiger partial charge in [-0.25, -0.2) is 0 Å². The molecule has 1 aromatic carbocycles. The topological polar surface area (TPSA) is 75.6 Å². The van der Waals surface area contributed by atoms with Crippen LogP contribution in [-0.4, -0.2) is 30.1 Å². The van der Waals surface area contributed by atoms with Crippen LogP contribution < -0.4 is 10.1 Å². The molecule has 2 N–H and O–H groups in total. The maximum Gasteiger partial charge on any atom is 0.306 e. The number of amides is 1. The Morgan fingerprint density at radius 3 is 2.21 bits per heavy atom. The van der Waals surface area contributed by atoms with Crippen LogP contribution in [0, 0.1) is 5.92 Å². The van der Waals surface area contributed by atoms with Crippen molar-refractivity contribution >= 4 is 11.9 Å². The van der Waals surface area contributed by atoms with Crippen molar-refractivity contribution in [3.8, 4) is 5.75 Å². The average molecular weight is 331 g/mol. The number of hydrogen-bond acceptors (Lipinski definition) is 3. The maximum absolute atomic E-state index is 12.9. The van der Waals surface area contributed by atoms with E-state index in [2.05, 4.69) is 5.32 Å². The fourth-order valence-electron chi connectivity index (χ4n) is 3.90. The second kappa shape index (κ2) is 6.83. The summed E-state index contributed by atoms with van der Waals surface area (Å²) < 4.78 is 5.20. The average Bonchev–Trinajstić information content (AvgIpc) is 2.55. The quantitative estimate of drug-likeness (QED) is 0.870. The van der Waals surface area contributed by atoms with Gasteiger partial charge in [-0.3, -0.25) is 9.59 Å². The Labute approximate surface area is 142 Å². The second-order valence-corrected chi connectivity index (χ2v) is 7.02. The van der Waals surface area contributed by atoms with Crippen molar-refractivity contribution in [2.24, 2.45) is 5.92 Å². The van der Waals surface area contributed by atoms with E-state index in [1.807, 2.05) is 24.3 Å². The maximum atomic E-state index is 12.9. The molecule has 2 saturated carbocycles. The second-order valence-electron chi connectivity index (χ2n) is 7.02. The van der Waals surface area contributed by atoms with E-state index in [9.17, 15) is 9.59 Å². The molecule has 0 unspecified atom stereocenters. The highest BCUT2D eigenvalue weighted by Gasteiger charge is 2.46. The summed E-state index contributed by atoms with van der Waals surface area (Å²) in [5.74, 6) is -0.0795. The van der Waals surface area contributed by atoms with Crippen molar-refractivity contribution in [3.63, 3.8) is 0 Å².